The van der Waals surface area contributed by atoms with E-state index < -0.39 is 12.0 Å². The summed E-state index contributed by atoms with van der Waals surface area (Å²) in [7, 11) is 2.36. The highest BCUT2D eigenvalue weighted by molar-refractivity contribution is 7.99. The Labute approximate surface area is 107 Å². The fraction of sp³-hybridized carbons (Fsp3) is 0.800. The van der Waals surface area contributed by atoms with Gasteiger partial charge in [0.05, 0.1) is 11.4 Å². The van der Waals surface area contributed by atoms with Crippen molar-refractivity contribution in [1.82, 2.24) is 9.99 Å². The van der Waals surface area contributed by atoms with Crippen LogP contribution in [0.4, 0.5) is 0 Å². The van der Waals surface area contributed by atoms with E-state index in [-0.39, 0.29) is 17.3 Å². The molecule has 4 unspecified atom stereocenters. The number of hydrogen-bond donors (Lipinski definition) is 2. The molecule has 2 fully saturated rings. The molecule has 0 aromatic carbocycles. The number of piperidine rings is 1. The molecule has 0 bridgehead atoms. The van der Waals surface area contributed by atoms with Crippen molar-refractivity contribution in [2.24, 2.45) is 0 Å². The summed E-state index contributed by atoms with van der Waals surface area (Å²) in [5, 5.41) is 12.2. The van der Waals surface area contributed by atoms with E-state index in [2.05, 4.69) is 14.5 Å². The summed E-state index contributed by atoms with van der Waals surface area (Å²) in [5.41, 5.74) is 0. The maximum Gasteiger partial charge on any atom is 0.326 e. The van der Waals surface area contributed by atoms with Crippen LogP contribution in [0.1, 0.15) is 25.7 Å². The summed E-state index contributed by atoms with van der Waals surface area (Å²) < 4.78 is 0. The van der Waals surface area contributed by atoms with Crippen LogP contribution in [0.15, 0.2) is 0 Å². The molecule has 0 aliphatic carbocycles. The topological polar surface area (TPSA) is 69.6 Å². The minimum Gasteiger partial charge on any atom is -0.480 e. The largest absolute Gasteiger partial charge is 0.480 e. The summed E-state index contributed by atoms with van der Waals surface area (Å²) in [4.78, 5) is 25.1. The van der Waals surface area contributed by atoms with Gasteiger partial charge in [-0.05, 0) is 31.4 Å². The van der Waals surface area contributed by atoms with Crippen LogP contribution in [-0.2, 0) is 9.59 Å². The number of nitrogens with zero attached hydrogens (tertiary/aromatic N) is 1. The van der Waals surface area contributed by atoms with Gasteiger partial charge in [0.2, 0.25) is 5.91 Å². The molecule has 2 heterocycles. The molecule has 5 nitrogen and oxygen atoms in total. The molecule has 1 amide bonds. The summed E-state index contributed by atoms with van der Waals surface area (Å²) in [6.45, 7) is 0. The zero-order valence-electron chi connectivity index (χ0n) is 9.46. The zero-order valence-corrected chi connectivity index (χ0v) is 11.4. The van der Waals surface area contributed by atoms with Crippen LogP contribution in [-0.4, -0.2) is 45.1 Å². The van der Waals surface area contributed by atoms with Crippen molar-refractivity contribution in [3.05, 3.63) is 0 Å². The Morgan fingerprint density at radius 2 is 2.24 bits per heavy atom. The maximum absolute atomic E-state index is 12.3. The van der Waals surface area contributed by atoms with Gasteiger partial charge in [-0.2, -0.15) is 0 Å². The average molecular weight is 276 g/mol. The number of carbonyl (C=O) groups is 2. The van der Waals surface area contributed by atoms with Crippen LogP contribution in [0.25, 0.3) is 0 Å². The Morgan fingerprint density at radius 3 is 2.88 bits per heavy atom. The summed E-state index contributed by atoms with van der Waals surface area (Å²) in [6, 6.07) is -0.912. The lowest BCUT2D eigenvalue weighted by atomic mass is 10.0. The molecule has 0 aromatic heterocycles. The van der Waals surface area contributed by atoms with E-state index in [4.69, 9.17) is 0 Å². The van der Waals surface area contributed by atoms with E-state index in [0.717, 1.165) is 25.0 Å². The van der Waals surface area contributed by atoms with E-state index in [9.17, 15) is 14.7 Å². The second-order valence-electron chi connectivity index (χ2n) is 4.36. The fourth-order valence-electron chi connectivity index (χ4n) is 2.45. The minimum absolute atomic E-state index is 0.0423. The van der Waals surface area contributed by atoms with Gasteiger partial charge in [0.25, 0.3) is 0 Å². The number of carbonyl (C=O) groups excluding carboxylic acids is 1. The predicted molar refractivity (Wildman–Crippen MR) is 69.6 cm³/mol. The van der Waals surface area contributed by atoms with Gasteiger partial charge in [-0.3, -0.25) is 9.88 Å². The van der Waals surface area contributed by atoms with Crippen molar-refractivity contribution in [2.75, 3.05) is 5.75 Å². The molecule has 0 saturated carbocycles. The highest BCUT2D eigenvalue weighted by Gasteiger charge is 2.42. The molecule has 7 heteroatoms. The first-order valence-electron chi connectivity index (χ1n) is 5.78. The van der Waals surface area contributed by atoms with Crippen molar-refractivity contribution >= 4 is 33.0 Å². The number of rotatable bonds is 2. The Bertz CT molecular complexity index is 329. The molecule has 2 saturated heterocycles. The SMILES string of the molecule is O=C(O)C1CCCC2SCCC(NP)C(=O)N21. The Morgan fingerprint density at radius 1 is 1.47 bits per heavy atom. The van der Waals surface area contributed by atoms with Crippen LogP contribution in [0.2, 0.25) is 0 Å². The van der Waals surface area contributed by atoms with Crippen molar-refractivity contribution in [3.8, 4) is 0 Å². The number of amides is 1. The lowest BCUT2D eigenvalue weighted by Crippen LogP contribution is -2.55. The standard InChI is InChI=1S/C10H17N2O3PS/c13-9-6(11-16)4-5-17-8-3-1-2-7(10(14)15)12(8)9/h6-8,11H,1-5,16H2,(H,14,15). The number of fused-ring (bicyclic) bond motifs is 1. The fourth-order valence-corrected chi connectivity index (χ4v) is 4.14. The second kappa shape index (κ2) is 5.55. The first-order valence-corrected chi connectivity index (χ1v) is 7.40. The molecule has 0 aromatic rings. The van der Waals surface area contributed by atoms with Crippen LogP contribution in [0, 0.1) is 0 Å². The Kier molecular flexibility index (Phi) is 4.28. The monoisotopic (exact) mass is 276 g/mol. The van der Waals surface area contributed by atoms with Gasteiger partial charge in [0.1, 0.15) is 6.04 Å². The maximum atomic E-state index is 12.3. The van der Waals surface area contributed by atoms with Gasteiger partial charge in [0, 0.05) is 0 Å². The molecule has 2 N–H and O–H groups in total. The van der Waals surface area contributed by atoms with Gasteiger partial charge in [-0.15, -0.1) is 11.8 Å². The molecule has 2 rings (SSSR count). The molecule has 2 aliphatic heterocycles. The number of carboxylic acids is 1. The Balaban J connectivity index is 2.24. The number of hydrogen-bond acceptors (Lipinski definition) is 4. The minimum atomic E-state index is -0.881. The first kappa shape index (κ1) is 13.1. The van der Waals surface area contributed by atoms with Gasteiger partial charge >= 0.3 is 5.97 Å². The van der Waals surface area contributed by atoms with Crippen LogP contribution in [0.3, 0.4) is 0 Å². The lowest BCUT2D eigenvalue weighted by molar-refractivity contribution is -0.153. The summed E-state index contributed by atoms with van der Waals surface area (Å²) >= 11 is 1.70. The van der Waals surface area contributed by atoms with Gasteiger partial charge in [-0.1, -0.05) is 9.39 Å². The molecule has 2 aliphatic rings. The van der Waals surface area contributed by atoms with E-state index >= 15 is 0 Å². The summed E-state index contributed by atoms with van der Waals surface area (Å²) in [5.74, 6) is -0.0548. The van der Waals surface area contributed by atoms with Crippen molar-refractivity contribution in [2.45, 2.75) is 43.1 Å². The van der Waals surface area contributed by atoms with Crippen LogP contribution < -0.4 is 5.09 Å². The highest BCUT2D eigenvalue weighted by atomic mass is 32.2. The number of carboxylic acid groups (broad SMARTS) is 1. The van der Waals surface area contributed by atoms with E-state index in [1.54, 1.807) is 16.7 Å². The molecule has 17 heavy (non-hydrogen) atoms. The van der Waals surface area contributed by atoms with Crippen LogP contribution in [0.5, 0.6) is 0 Å². The summed E-state index contributed by atoms with van der Waals surface area (Å²) in [6.07, 6.45) is 3.12. The van der Waals surface area contributed by atoms with Crippen molar-refractivity contribution < 1.29 is 14.7 Å². The third-order valence-corrected chi connectivity index (χ3v) is 5.05. The third-order valence-electron chi connectivity index (χ3n) is 3.33. The van der Waals surface area contributed by atoms with E-state index in [1.807, 2.05) is 0 Å². The van der Waals surface area contributed by atoms with Gasteiger partial charge < -0.3 is 10.0 Å². The molecule has 0 radical (unpaired) electrons. The molecular formula is C10H17N2O3PS. The quantitative estimate of drug-likeness (QED) is 0.725. The van der Waals surface area contributed by atoms with E-state index in [0.29, 0.717) is 6.42 Å². The predicted octanol–water partition coefficient (Wildman–Crippen LogP) is 0.663. The number of nitrogens with one attached hydrogen (secondary N) is 1. The van der Waals surface area contributed by atoms with Gasteiger partial charge in [-0.25, -0.2) is 4.79 Å². The lowest BCUT2D eigenvalue weighted by Gasteiger charge is -2.39. The number of thioether (sulfide) groups is 1. The number of aliphatic carboxylic acids is 1. The third kappa shape index (κ3) is 2.59. The average Bonchev–Trinajstić information content (AvgIpc) is 2.48. The first-order chi connectivity index (χ1) is 8.15. The Hall–Kier alpha value is -0.320. The van der Waals surface area contributed by atoms with Crippen LogP contribution >= 0.6 is 21.2 Å². The molecule has 4 atom stereocenters. The van der Waals surface area contributed by atoms with E-state index in [1.165, 1.54) is 0 Å². The van der Waals surface area contributed by atoms with Crippen molar-refractivity contribution in [1.29, 1.82) is 0 Å². The molecule has 0 spiro atoms. The highest BCUT2D eigenvalue weighted by Crippen LogP contribution is 2.34. The van der Waals surface area contributed by atoms with Crippen molar-refractivity contribution in [3.63, 3.8) is 0 Å². The smallest absolute Gasteiger partial charge is 0.326 e. The second-order valence-corrected chi connectivity index (χ2v) is 5.98. The molecular weight excluding hydrogens is 259 g/mol. The molecule has 96 valence electrons. The zero-order chi connectivity index (χ0) is 12.4. The normalized spacial score (nSPS) is 34.1. The van der Waals surface area contributed by atoms with Gasteiger partial charge in [0.15, 0.2) is 0 Å².